The summed E-state index contributed by atoms with van der Waals surface area (Å²) in [7, 11) is 0. The molecular weight excluding hydrogens is 242 g/mol. The van der Waals surface area contributed by atoms with E-state index in [4.69, 9.17) is 11.6 Å². The van der Waals surface area contributed by atoms with Crippen molar-refractivity contribution in [2.75, 3.05) is 5.32 Å². The van der Waals surface area contributed by atoms with Crippen LogP contribution in [0.4, 0.5) is 5.69 Å². The summed E-state index contributed by atoms with van der Waals surface area (Å²) in [5.74, 6) is -1.66. The zero-order valence-corrected chi connectivity index (χ0v) is 10.2. The number of amides is 2. The van der Waals surface area contributed by atoms with Crippen molar-refractivity contribution in [1.82, 2.24) is 5.43 Å². The molecule has 0 aliphatic heterocycles. The van der Waals surface area contributed by atoms with Crippen molar-refractivity contribution in [2.45, 2.75) is 13.8 Å². The van der Waals surface area contributed by atoms with Gasteiger partial charge >= 0.3 is 11.8 Å². The lowest BCUT2D eigenvalue weighted by atomic mass is 10.3. The van der Waals surface area contributed by atoms with E-state index in [9.17, 15) is 9.59 Å². The van der Waals surface area contributed by atoms with Gasteiger partial charge in [0, 0.05) is 5.71 Å². The third-order valence-corrected chi connectivity index (χ3v) is 2.04. The summed E-state index contributed by atoms with van der Waals surface area (Å²) in [6.45, 7) is 3.40. The Bertz CT molecular complexity index is 468. The molecule has 1 aromatic rings. The Morgan fingerprint density at radius 2 is 1.82 bits per heavy atom. The fourth-order valence-corrected chi connectivity index (χ4v) is 1.14. The molecule has 2 amide bonds. The summed E-state index contributed by atoms with van der Waals surface area (Å²) < 4.78 is 0. The van der Waals surface area contributed by atoms with Gasteiger partial charge in [-0.2, -0.15) is 5.10 Å². The number of carbonyl (C=O) groups excluding carboxylic acids is 2. The molecule has 2 N–H and O–H groups in total. The maximum absolute atomic E-state index is 11.4. The lowest BCUT2D eigenvalue weighted by Crippen LogP contribution is -2.32. The highest BCUT2D eigenvalue weighted by Crippen LogP contribution is 2.19. The van der Waals surface area contributed by atoms with Crippen molar-refractivity contribution in [3.05, 3.63) is 29.3 Å². The van der Waals surface area contributed by atoms with E-state index in [0.29, 0.717) is 16.4 Å². The van der Waals surface area contributed by atoms with Crippen molar-refractivity contribution < 1.29 is 9.59 Å². The average molecular weight is 254 g/mol. The van der Waals surface area contributed by atoms with Gasteiger partial charge in [0.25, 0.3) is 0 Å². The average Bonchev–Trinajstić information content (AvgIpc) is 2.28. The highest BCUT2D eigenvalue weighted by molar-refractivity contribution is 6.41. The first kappa shape index (κ1) is 13.2. The topological polar surface area (TPSA) is 70.6 Å². The van der Waals surface area contributed by atoms with Crippen LogP contribution in [0.5, 0.6) is 0 Å². The molecule has 90 valence electrons. The van der Waals surface area contributed by atoms with Gasteiger partial charge in [0.05, 0.1) is 10.7 Å². The molecule has 0 unspecified atom stereocenters. The molecule has 0 fully saturated rings. The normalized spacial score (nSPS) is 9.35. The first-order valence-electron chi connectivity index (χ1n) is 4.87. The van der Waals surface area contributed by atoms with E-state index in [0.717, 1.165) is 0 Å². The van der Waals surface area contributed by atoms with Crippen LogP contribution in [-0.2, 0) is 9.59 Å². The predicted molar refractivity (Wildman–Crippen MR) is 67.0 cm³/mol. The van der Waals surface area contributed by atoms with E-state index in [-0.39, 0.29) is 0 Å². The smallest absolute Gasteiger partial charge is 0.316 e. The Kier molecular flexibility index (Phi) is 4.66. The fraction of sp³-hybridized carbons (Fsp3) is 0.182. The summed E-state index contributed by atoms with van der Waals surface area (Å²) >= 11 is 5.83. The van der Waals surface area contributed by atoms with Crippen LogP contribution >= 0.6 is 11.6 Å². The minimum Gasteiger partial charge on any atom is -0.316 e. The third-order valence-electron chi connectivity index (χ3n) is 1.71. The lowest BCUT2D eigenvalue weighted by Gasteiger charge is -2.05. The third kappa shape index (κ3) is 4.24. The molecule has 0 saturated carbocycles. The molecule has 1 aromatic carbocycles. The van der Waals surface area contributed by atoms with Crippen molar-refractivity contribution in [3.63, 3.8) is 0 Å². The second kappa shape index (κ2) is 6.00. The van der Waals surface area contributed by atoms with E-state index in [1.807, 2.05) is 0 Å². The van der Waals surface area contributed by atoms with Gasteiger partial charge in [0.2, 0.25) is 0 Å². The van der Waals surface area contributed by atoms with E-state index in [2.05, 4.69) is 15.8 Å². The molecule has 0 aliphatic carbocycles. The second-order valence-corrected chi connectivity index (χ2v) is 3.84. The molecule has 0 heterocycles. The number of nitrogens with zero attached hydrogens (tertiary/aromatic N) is 1. The van der Waals surface area contributed by atoms with Crippen LogP contribution in [0.25, 0.3) is 0 Å². The van der Waals surface area contributed by atoms with Gasteiger partial charge < -0.3 is 5.32 Å². The van der Waals surface area contributed by atoms with Gasteiger partial charge in [-0.15, -0.1) is 0 Å². The molecule has 0 spiro atoms. The van der Waals surface area contributed by atoms with E-state index >= 15 is 0 Å². The fourth-order valence-electron chi connectivity index (χ4n) is 0.955. The van der Waals surface area contributed by atoms with Crippen LogP contribution in [0.2, 0.25) is 5.02 Å². The quantitative estimate of drug-likeness (QED) is 0.479. The summed E-state index contributed by atoms with van der Waals surface area (Å²) in [5, 5.41) is 6.38. The number of carbonyl (C=O) groups is 2. The number of rotatable bonds is 2. The number of hydrogen-bond acceptors (Lipinski definition) is 3. The number of nitrogens with one attached hydrogen (secondary N) is 2. The van der Waals surface area contributed by atoms with E-state index in [1.165, 1.54) is 0 Å². The zero-order chi connectivity index (χ0) is 12.8. The molecule has 0 aromatic heterocycles. The first-order valence-corrected chi connectivity index (χ1v) is 5.25. The SMILES string of the molecule is CC(C)=NNC(=O)C(=O)Nc1ccccc1Cl. The summed E-state index contributed by atoms with van der Waals surface area (Å²) in [6, 6.07) is 6.64. The maximum Gasteiger partial charge on any atom is 0.329 e. The van der Waals surface area contributed by atoms with Gasteiger partial charge in [0.15, 0.2) is 0 Å². The highest BCUT2D eigenvalue weighted by Gasteiger charge is 2.13. The Morgan fingerprint density at radius 1 is 1.18 bits per heavy atom. The van der Waals surface area contributed by atoms with Crippen LogP contribution in [0, 0.1) is 0 Å². The molecule has 0 radical (unpaired) electrons. The largest absolute Gasteiger partial charge is 0.329 e. The molecule has 1 rings (SSSR count). The predicted octanol–water partition coefficient (Wildman–Crippen LogP) is 1.79. The van der Waals surface area contributed by atoms with Gasteiger partial charge in [-0.25, -0.2) is 5.43 Å². The second-order valence-electron chi connectivity index (χ2n) is 3.43. The van der Waals surface area contributed by atoms with Crippen LogP contribution in [-0.4, -0.2) is 17.5 Å². The lowest BCUT2D eigenvalue weighted by molar-refractivity contribution is -0.136. The van der Waals surface area contributed by atoms with Crippen molar-refractivity contribution in [1.29, 1.82) is 0 Å². The molecular formula is C11H12ClN3O2. The number of hydrogen-bond donors (Lipinski definition) is 2. The molecule has 0 aliphatic rings. The number of para-hydroxylation sites is 1. The molecule has 6 heteroatoms. The monoisotopic (exact) mass is 253 g/mol. The number of halogens is 1. The summed E-state index contributed by atoms with van der Waals surface area (Å²) in [4.78, 5) is 22.7. The van der Waals surface area contributed by atoms with Crippen molar-refractivity contribution in [2.24, 2.45) is 5.10 Å². The van der Waals surface area contributed by atoms with Crippen molar-refractivity contribution >= 4 is 34.8 Å². The summed E-state index contributed by atoms with van der Waals surface area (Å²) in [6.07, 6.45) is 0. The summed E-state index contributed by atoms with van der Waals surface area (Å²) in [5.41, 5.74) is 3.14. The number of anilines is 1. The molecule has 17 heavy (non-hydrogen) atoms. The standard InChI is InChI=1S/C11H12ClN3O2/c1-7(2)14-15-11(17)10(16)13-9-6-4-3-5-8(9)12/h3-6H,1-2H3,(H,13,16)(H,15,17). The molecule has 0 bridgehead atoms. The van der Waals surface area contributed by atoms with Crippen LogP contribution < -0.4 is 10.7 Å². The van der Waals surface area contributed by atoms with Gasteiger partial charge in [-0.1, -0.05) is 23.7 Å². The minimum absolute atomic E-state index is 0.365. The number of benzene rings is 1. The molecule has 0 saturated heterocycles. The maximum atomic E-state index is 11.4. The Balaban J connectivity index is 2.64. The van der Waals surface area contributed by atoms with E-state index in [1.54, 1.807) is 38.1 Å². The Morgan fingerprint density at radius 3 is 2.41 bits per heavy atom. The molecule has 5 nitrogen and oxygen atoms in total. The van der Waals surface area contributed by atoms with Gasteiger partial charge in [-0.3, -0.25) is 9.59 Å². The molecule has 0 atom stereocenters. The minimum atomic E-state index is -0.842. The highest BCUT2D eigenvalue weighted by atomic mass is 35.5. The van der Waals surface area contributed by atoms with E-state index < -0.39 is 11.8 Å². The van der Waals surface area contributed by atoms with Crippen molar-refractivity contribution in [3.8, 4) is 0 Å². The van der Waals surface area contributed by atoms with Crippen LogP contribution in [0.3, 0.4) is 0 Å². The Labute approximate surface area is 104 Å². The van der Waals surface area contributed by atoms with Gasteiger partial charge in [-0.05, 0) is 26.0 Å². The number of hydrazone groups is 1. The first-order chi connectivity index (χ1) is 8.00. The van der Waals surface area contributed by atoms with Crippen LogP contribution in [0.1, 0.15) is 13.8 Å². The van der Waals surface area contributed by atoms with Crippen LogP contribution in [0.15, 0.2) is 29.4 Å². The zero-order valence-electron chi connectivity index (χ0n) is 9.45. The Hall–Kier alpha value is -1.88. The van der Waals surface area contributed by atoms with Gasteiger partial charge in [0.1, 0.15) is 0 Å².